The van der Waals surface area contributed by atoms with Crippen molar-refractivity contribution in [3.8, 4) is 0 Å². The number of ether oxygens (including phenoxy) is 1. The number of carbonyl (C=O) groups is 2. The maximum Gasteiger partial charge on any atom is 0.306 e. The first-order valence-electron chi connectivity index (χ1n) is 6.35. The molecule has 0 radical (unpaired) electrons. The molecule has 1 aliphatic rings. The second-order valence-corrected chi connectivity index (χ2v) is 5.67. The summed E-state index contributed by atoms with van der Waals surface area (Å²) in [7, 11) is 0. The normalized spacial score (nSPS) is 15.5. The molecular formula is C13H23NO3. The Morgan fingerprint density at radius 2 is 1.88 bits per heavy atom. The van der Waals surface area contributed by atoms with Crippen molar-refractivity contribution in [3.05, 3.63) is 0 Å². The van der Waals surface area contributed by atoms with E-state index in [0.717, 1.165) is 18.9 Å². The van der Waals surface area contributed by atoms with Crippen LogP contribution in [0, 0.1) is 5.92 Å². The van der Waals surface area contributed by atoms with E-state index in [-0.39, 0.29) is 24.7 Å². The average molecular weight is 241 g/mol. The fourth-order valence-corrected chi connectivity index (χ4v) is 1.52. The summed E-state index contributed by atoms with van der Waals surface area (Å²) in [4.78, 5) is 22.7. The minimum atomic E-state index is -0.473. The van der Waals surface area contributed by atoms with Crippen molar-refractivity contribution in [3.63, 3.8) is 0 Å². The number of hydrogen-bond acceptors (Lipinski definition) is 3. The van der Waals surface area contributed by atoms with Gasteiger partial charge in [-0.25, -0.2) is 0 Å². The Labute approximate surface area is 103 Å². The van der Waals surface area contributed by atoms with Crippen LogP contribution in [0.15, 0.2) is 0 Å². The van der Waals surface area contributed by atoms with Gasteiger partial charge < -0.3 is 10.1 Å². The van der Waals surface area contributed by atoms with Crippen LogP contribution >= 0.6 is 0 Å². The fraction of sp³-hybridized carbons (Fsp3) is 0.846. The standard InChI is InChI=1S/C13H23NO3/c1-13(2,3)17-12(16)7-6-11(15)14-9-8-10-4-5-10/h10H,4-9H2,1-3H3,(H,14,15). The molecule has 0 unspecified atom stereocenters. The average Bonchev–Trinajstić information content (AvgIpc) is 2.96. The SMILES string of the molecule is CC(C)(C)OC(=O)CCC(=O)NCCC1CC1. The minimum absolute atomic E-state index is 0.0588. The lowest BCUT2D eigenvalue weighted by Crippen LogP contribution is -2.27. The van der Waals surface area contributed by atoms with E-state index in [1.807, 2.05) is 20.8 Å². The van der Waals surface area contributed by atoms with Gasteiger partial charge in [-0.1, -0.05) is 12.8 Å². The summed E-state index contributed by atoms with van der Waals surface area (Å²) in [6.07, 6.45) is 4.05. The Hall–Kier alpha value is -1.06. The molecule has 1 saturated carbocycles. The molecule has 0 aliphatic heterocycles. The highest BCUT2D eigenvalue weighted by Crippen LogP contribution is 2.31. The second-order valence-electron chi connectivity index (χ2n) is 5.67. The lowest BCUT2D eigenvalue weighted by atomic mass is 10.2. The first kappa shape index (κ1) is 14.0. The predicted molar refractivity (Wildman–Crippen MR) is 65.4 cm³/mol. The van der Waals surface area contributed by atoms with Gasteiger partial charge in [0.2, 0.25) is 5.91 Å². The van der Waals surface area contributed by atoms with Gasteiger partial charge in [0.05, 0.1) is 6.42 Å². The maximum absolute atomic E-state index is 11.4. The van der Waals surface area contributed by atoms with E-state index in [4.69, 9.17) is 4.74 Å². The Bertz CT molecular complexity index is 277. The molecule has 4 heteroatoms. The highest BCUT2D eigenvalue weighted by Gasteiger charge is 2.21. The Morgan fingerprint density at radius 1 is 1.24 bits per heavy atom. The molecule has 0 aromatic carbocycles. The van der Waals surface area contributed by atoms with E-state index in [1.165, 1.54) is 12.8 Å². The zero-order chi connectivity index (χ0) is 12.9. The Morgan fingerprint density at radius 3 is 2.41 bits per heavy atom. The largest absolute Gasteiger partial charge is 0.460 e. The summed E-state index contributed by atoms with van der Waals surface area (Å²) in [5.41, 5.74) is -0.473. The van der Waals surface area contributed by atoms with Gasteiger partial charge in [-0.05, 0) is 33.1 Å². The van der Waals surface area contributed by atoms with Crippen molar-refractivity contribution in [1.29, 1.82) is 0 Å². The van der Waals surface area contributed by atoms with Gasteiger partial charge in [-0.3, -0.25) is 9.59 Å². The number of rotatable bonds is 6. The zero-order valence-electron chi connectivity index (χ0n) is 11.0. The van der Waals surface area contributed by atoms with Gasteiger partial charge in [-0.2, -0.15) is 0 Å². The smallest absolute Gasteiger partial charge is 0.306 e. The number of carbonyl (C=O) groups excluding carboxylic acids is 2. The molecule has 1 rings (SSSR count). The fourth-order valence-electron chi connectivity index (χ4n) is 1.52. The third-order valence-corrected chi connectivity index (χ3v) is 2.55. The first-order valence-corrected chi connectivity index (χ1v) is 6.35. The molecule has 1 N–H and O–H groups in total. The van der Waals surface area contributed by atoms with Crippen LogP contribution in [-0.2, 0) is 14.3 Å². The molecule has 1 fully saturated rings. The summed E-state index contributed by atoms with van der Waals surface area (Å²) in [5.74, 6) is 0.451. The first-order chi connectivity index (χ1) is 7.87. The second kappa shape index (κ2) is 6.03. The number of hydrogen-bond donors (Lipinski definition) is 1. The van der Waals surface area contributed by atoms with Gasteiger partial charge in [0, 0.05) is 13.0 Å². The van der Waals surface area contributed by atoms with Gasteiger partial charge in [-0.15, -0.1) is 0 Å². The van der Waals surface area contributed by atoms with Crippen LogP contribution in [0.2, 0.25) is 0 Å². The van der Waals surface area contributed by atoms with Crippen LogP contribution in [0.25, 0.3) is 0 Å². The highest BCUT2D eigenvalue weighted by molar-refractivity contribution is 5.81. The molecule has 0 aromatic heterocycles. The molecule has 98 valence electrons. The molecule has 0 bridgehead atoms. The summed E-state index contributed by atoms with van der Waals surface area (Å²) < 4.78 is 5.12. The lowest BCUT2D eigenvalue weighted by Gasteiger charge is -2.19. The van der Waals surface area contributed by atoms with Crippen LogP contribution in [-0.4, -0.2) is 24.0 Å². The maximum atomic E-state index is 11.4. The number of esters is 1. The zero-order valence-corrected chi connectivity index (χ0v) is 11.0. The summed E-state index contributed by atoms with van der Waals surface area (Å²) in [6.45, 7) is 6.19. The van der Waals surface area contributed by atoms with Gasteiger partial charge in [0.1, 0.15) is 5.60 Å². The number of amides is 1. The highest BCUT2D eigenvalue weighted by atomic mass is 16.6. The summed E-state index contributed by atoms with van der Waals surface area (Å²) in [5, 5.41) is 2.83. The van der Waals surface area contributed by atoms with E-state index >= 15 is 0 Å². The minimum Gasteiger partial charge on any atom is -0.460 e. The van der Waals surface area contributed by atoms with Crippen molar-refractivity contribution in [2.45, 2.75) is 58.5 Å². The quantitative estimate of drug-likeness (QED) is 0.724. The van der Waals surface area contributed by atoms with Crippen LogP contribution < -0.4 is 5.32 Å². The number of nitrogens with one attached hydrogen (secondary N) is 1. The van der Waals surface area contributed by atoms with E-state index in [1.54, 1.807) is 0 Å². The summed E-state index contributed by atoms with van der Waals surface area (Å²) in [6, 6.07) is 0. The summed E-state index contributed by atoms with van der Waals surface area (Å²) >= 11 is 0. The van der Waals surface area contributed by atoms with Crippen molar-refractivity contribution in [2.75, 3.05) is 6.54 Å². The lowest BCUT2D eigenvalue weighted by molar-refractivity contribution is -0.155. The van der Waals surface area contributed by atoms with Gasteiger partial charge >= 0.3 is 5.97 Å². The molecule has 17 heavy (non-hydrogen) atoms. The van der Waals surface area contributed by atoms with Crippen molar-refractivity contribution >= 4 is 11.9 Å². The Kier molecular flexibility index (Phi) is 4.97. The molecule has 4 nitrogen and oxygen atoms in total. The topological polar surface area (TPSA) is 55.4 Å². The molecule has 1 amide bonds. The van der Waals surface area contributed by atoms with Crippen LogP contribution in [0.5, 0.6) is 0 Å². The van der Waals surface area contributed by atoms with E-state index in [2.05, 4.69) is 5.32 Å². The van der Waals surface area contributed by atoms with E-state index < -0.39 is 5.60 Å². The molecule has 0 heterocycles. The van der Waals surface area contributed by atoms with Crippen LogP contribution in [0.4, 0.5) is 0 Å². The Balaban J connectivity index is 2.03. The third-order valence-electron chi connectivity index (χ3n) is 2.55. The van der Waals surface area contributed by atoms with Gasteiger partial charge in [0.25, 0.3) is 0 Å². The molecule has 0 aromatic rings. The van der Waals surface area contributed by atoms with E-state index in [0.29, 0.717) is 0 Å². The van der Waals surface area contributed by atoms with E-state index in [9.17, 15) is 9.59 Å². The van der Waals surface area contributed by atoms with Crippen molar-refractivity contribution in [2.24, 2.45) is 5.92 Å². The molecule has 0 atom stereocenters. The van der Waals surface area contributed by atoms with Crippen LogP contribution in [0.1, 0.15) is 52.9 Å². The van der Waals surface area contributed by atoms with Crippen LogP contribution in [0.3, 0.4) is 0 Å². The third kappa shape index (κ3) is 7.77. The molecule has 0 spiro atoms. The molecular weight excluding hydrogens is 218 g/mol. The molecule has 1 aliphatic carbocycles. The molecule has 0 saturated heterocycles. The monoisotopic (exact) mass is 241 g/mol. The van der Waals surface area contributed by atoms with Crippen molar-refractivity contribution in [1.82, 2.24) is 5.32 Å². The predicted octanol–water partition coefficient (Wildman–Crippen LogP) is 2.02. The van der Waals surface area contributed by atoms with Crippen molar-refractivity contribution < 1.29 is 14.3 Å². The van der Waals surface area contributed by atoms with Gasteiger partial charge in [0.15, 0.2) is 0 Å².